The summed E-state index contributed by atoms with van der Waals surface area (Å²) in [5.41, 5.74) is 5.60. The van der Waals surface area contributed by atoms with Gasteiger partial charge in [-0.05, 0) is 12.1 Å². The summed E-state index contributed by atoms with van der Waals surface area (Å²) in [5, 5.41) is 0. The molecule has 2 heterocycles. The topological polar surface area (TPSA) is 66.0 Å². The lowest BCUT2D eigenvalue weighted by Crippen LogP contribution is -1.98. The van der Waals surface area contributed by atoms with Crippen LogP contribution in [0.1, 0.15) is 0 Å². The molecule has 0 amide bonds. The summed E-state index contributed by atoms with van der Waals surface area (Å²) in [4.78, 5) is 7.92. The molecule has 2 N–H and O–H groups in total. The second-order valence-corrected chi connectivity index (χ2v) is 2.82. The first-order chi connectivity index (χ1) is 6.77. The Bertz CT molecular complexity index is 424. The molecule has 0 fully saturated rings. The van der Waals surface area contributed by atoms with Crippen LogP contribution in [0.5, 0.6) is 11.8 Å². The quantitative estimate of drug-likeness (QED) is 0.772. The second-order valence-electron chi connectivity index (χ2n) is 2.82. The number of anilines is 1. The summed E-state index contributed by atoms with van der Waals surface area (Å²) >= 11 is 0. The van der Waals surface area contributed by atoms with Crippen LogP contribution in [0.2, 0.25) is 0 Å². The van der Waals surface area contributed by atoms with Crippen LogP contribution >= 0.6 is 0 Å². The first-order valence-corrected chi connectivity index (χ1v) is 4.12. The Hall–Kier alpha value is -2.04. The van der Waals surface area contributed by atoms with Crippen molar-refractivity contribution < 1.29 is 4.74 Å². The molecule has 2 rings (SSSR count). The van der Waals surface area contributed by atoms with Gasteiger partial charge in [0.2, 0.25) is 0 Å². The average molecular weight is 190 g/mol. The van der Waals surface area contributed by atoms with Gasteiger partial charge in [0, 0.05) is 13.2 Å². The third-order valence-corrected chi connectivity index (χ3v) is 1.83. The van der Waals surface area contributed by atoms with Crippen LogP contribution in [-0.4, -0.2) is 14.5 Å². The average Bonchev–Trinajstić information content (AvgIpc) is 2.52. The van der Waals surface area contributed by atoms with E-state index >= 15 is 0 Å². The number of nitrogen functional groups attached to an aromatic ring is 1. The van der Waals surface area contributed by atoms with Crippen molar-refractivity contribution in [2.45, 2.75) is 0 Å². The van der Waals surface area contributed by atoms with Gasteiger partial charge in [0.15, 0.2) is 0 Å². The highest BCUT2D eigenvalue weighted by Crippen LogP contribution is 2.19. The number of hydrogen-bond donors (Lipinski definition) is 1. The predicted molar refractivity (Wildman–Crippen MR) is 51.9 cm³/mol. The number of pyridine rings is 1. The Labute approximate surface area is 81.2 Å². The summed E-state index contributed by atoms with van der Waals surface area (Å²) in [6.45, 7) is 0. The van der Waals surface area contributed by atoms with E-state index in [1.807, 2.05) is 0 Å². The maximum atomic E-state index is 5.60. The van der Waals surface area contributed by atoms with Crippen LogP contribution in [0.25, 0.3) is 0 Å². The van der Waals surface area contributed by atoms with E-state index in [1.165, 1.54) is 0 Å². The molecule has 0 aromatic carbocycles. The molecule has 0 aliphatic heterocycles. The fraction of sp³-hybridized carbons (Fsp3) is 0.111. The minimum atomic E-state index is 0.454. The van der Waals surface area contributed by atoms with Gasteiger partial charge in [-0.25, -0.2) is 4.98 Å². The van der Waals surface area contributed by atoms with Crippen molar-refractivity contribution in [3.8, 4) is 11.8 Å². The van der Waals surface area contributed by atoms with Crippen LogP contribution in [0, 0.1) is 0 Å². The first-order valence-electron chi connectivity index (χ1n) is 4.12. The maximum absolute atomic E-state index is 5.60. The highest BCUT2D eigenvalue weighted by molar-refractivity contribution is 5.31. The Balaban J connectivity index is 2.23. The Morgan fingerprint density at radius 1 is 1.43 bits per heavy atom. The Morgan fingerprint density at radius 2 is 2.29 bits per heavy atom. The third kappa shape index (κ3) is 1.52. The lowest BCUT2D eigenvalue weighted by molar-refractivity contribution is 0.424. The Kier molecular flexibility index (Phi) is 2.06. The molecule has 0 saturated carbocycles. The highest BCUT2D eigenvalue weighted by atomic mass is 16.5. The van der Waals surface area contributed by atoms with E-state index in [0.717, 1.165) is 0 Å². The molecule has 14 heavy (non-hydrogen) atoms. The van der Waals surface area contributed by atoms with Crippen LogP contribution in [-0.2, 0) is 7.05 Å². The molecule has 5 nitrogen and oxygen atoms in total. The van der Waals surface area contributed by atoms with Crippen molar-refractivity contribution >= 4 is 5.82 Å². The summed E-state index contributed by atoms with van der Waals surface area (Å²) in [6, 6.07) is 4.05. The van der Waals surface area contributed by atoms with E-state index in [-0.39, 0.29) is 0 Å². The van der Waals surface area contributed by atoms with Gasteiger partial charge in [-0.3, -0.25) is 9.55 Å². The molecule has 0 radical (unpaired) electrons. The van der Waals surface area contributed by atoms with Gasteiger partial charge in [0.25, 0.3) is 0 Å². The van der Waals surface area contributed by atoms with Gasteiger partial charge in [0.05, 0.1) is 12.4 Å². The van der Waals surface area contributed by atoms with Gasteiger partial charge < -0.3 is 10.5 Å². The normalized spacial score (nSPS) is 10.1. The number of rotatable bonds is 2. The number of nitrogens with two attached hydrogens (primary N) is 1. The first kappa shape index (κ1) is 8.55. The van der Waals surface area contributed by atoms with Gasteiger partial charge in [-0.1, -0.05) is 0 Å². The van der Waals surface area contributed by atoms with E-state index in [1.54, 1.807) is 42.3 Å². The number of nitrogens with zero attached hydrogens (tertiary/aromatic N) is 3. The van der Waals surface area contributed by atoms with E-state index in [9.17, 15) is 0 Å². The molecular weight excluding hydrogens is 180 g/mol. The van der Waals surface area contributed by atoms with E-state index in [4.69, 9.17) is 10.5 Å². The maximum Gasteiger partial charge on any atom is 0.303 e. The molecule has 72 valence electrons. The van der Waals surface area contributed by atoms with Gasteiger partial charge in [0.1, 0.15) is 11.6 Å². The molecular formula is C9H10N4O. The standard InChI is InChI=1S/C9H10N4O/c1-13-8(10)6-12-9(13)14-7-3-2-4-11-5-7/h2-6H,10H2,1H3. The van der Waals surface area contributed by atoms with Crippen LogP contribution < -0.4 is 10.5 Å². The lowest BCUT2D eigenvalue weighted by atomic mass is 10.5. The zero-order chi connectivity index (χ0) is 9.97. The van der Waals surface area contributed by atoms with Gasteiger partial charge >= 0.3 is 6.01 Å². The SMILES string of the molecule is Cn1c(N)cnc1Oc1cccnc1. The fourth-order valence-electron chi connectivity index (χ4n) is 1.01. The Morgan fingerprint density at radius 3 is 2.86 bits per heavy atom. The lowest BCUT2D eigenvalue weighted by Gasteiger charge is -2.04. The molecule has 0 atom stereocenters. The van der Waals surface area contributed by atoms with Crippen molar-refractivity contribution in [1.82, 2.24) is 14.5 Å². The molecule has 0 saturated heterocycles. The number of imidazole rings is 1. The molecule has 2 aromatic rings. The zero-order valence-electron chi connectivity index (χ0n) is 7.71. The van der Waals surface area contributed by atoms with Crippen molar-refractivity contribution in [2.24, 2.45) is 7.05 Å². The number of ether oxygens (including phenoxy) is 1. The second kappa shape index (κ2) is 3.37. The molecule has 5 heteroatoms. The van der Waals surface area contributed by atoms with Crippen LogP contribution in [0.3, 0.4) is 0 Å². The molecule has 0 unspecified atom stereocenters. The molecule has 0 aliphatic carbocycles. The van der Waals surface area contributed by atoms with E-state index in [0.29, 0.717) is 17.6 Å². The fourth-order valence-corrected chi connectivity index (χ4v) is 1.01. The van der Waals surface area contributed by atoms with E-state index < -0.39 is 0 Å². The van der Waals surface area contributed by atoms with E-state index in [2.05, 4.69) is 9.97 Å². The predicted octanol–water partition coefficient (Wildman–Crippen LogP) is 1.19. The molecule has 0 bridgehead atoms. The third-order valence-electron chi connectivity index (χ3n) is 1.83. The zero-order valence-corrected chi connectivity index (χ0v) is 7.71. The van der Waals surface area contributed by atoms with Crippen molar-refractivity contribution in [3.05, 3.63) is 30.7 Å². The van der Waals surface area contributed by atoms with Crippen molar-refractivity contribution in [1.29, 1.82) is 0 Å². The molecule has 2 aromatic heterocycles. The summed E-state index contributed by atoms with van der Waals surface area (Å²) in [7, 11) is 1.79. The highest BCUT2D eigenvalue weighted by Gasteiger charge is 2.05. The molecule has 0 spiro atoms. The largest absolute Gasteiger partial charge is 0.424 e. The number of aromatic nitrogens is 3. The summed E-state index contributed by atoms with van der Waals surface area (Å²) in [5.74, 6) is 1.20. The molecule has 0 aliphatic rings. The van der Waals surface area contributed by atoms with Crippen molar-refractivity contribution in [3.63, 3.8) is 0 Å². The minimum absolute atomic E-state index is 0.454. The monoisotopic (exact) mass is 190 g/mol. The van der Waals surface area contributed by atoms with Crippen LogP contribution in [0.15, 0.2) is 30.7 Å². The number of hydrogen-bond acceptors (Lipinski definition) is 4. The minimum Gasteiger partial charge on any atom is -0.424 e. The van der Waals surface area contributed by atoms with Gasteiger partial charge in [-0.2, -0.15) is 0 Å². The summed E-state index contributed by atoms with van der Waals surface area (Å²) < 4.78 is 7.10. The summed E-state index contributed by atoms with van der Waals surface area (Å²) in [6.07, 6.45) is 4.84. The smallest absolute Gasteiger partial charge is 0.303 e. The van der Waals surface area contributed by atoms with Crippen LogP contribution in [0.4, 0.5) is 5.82 Å². The van der Waals surface area contributed by atoms with Gasteiger partial charge in [-0.15, -0.1) is 0 Å². The van der Waals surface area contributed by atoms with Crippen molar-refractivity contribution in [2.75, 3.05) is 5.73 Å².